The lowest BCUT2D eigenvalue weighted by molar-refractivity contribution is 0.685. The molecule has 0 aliphatic heterocycles. The molecule has 0 aromatic heterocycles. The second kappa shape index (κ2) is 5.91. The summed E-state index contributed by atoms with van der Waals surface area (Å²) in [6.45, 7) is 4.34. The van der Waals surface area contributed by atoms with Gasteiger partial charge >= 0.3 is 0 Å². The fourth-order valence-corrected chi connectivity index (χ4v) is 2.12. The summed E-state index contributed by atoms with van der Waals surface area (Å²) >= 11 is 0. The minimum absolute atomic E-state index is 0.468. The van der Waals surface area contributed by atoms with E-state index in [0.717, 1.165) is 17.0 Å². The number of nitrogens with one attached hydrogen (secondary N) is 1. The molecule has 0 bridgehead atoms. The molecule has 0 aliphatic rings. The predicted octanol–water partition coefficient (Wildman–Crippen LogP) is 3.02. The number of hydrogen-bond donors (Lipinski definition) is 1. The minimum Gasteiger partial charge on any atom is -0.383 e. The number of rotatable bonds is 5. The first-order chi connectivity index (χ1) is 7.13. The number of hydrogen-bond acceptors (Lipinski definition) is 2. The van der Waals surface area contributed by atoms with E-state index in [0.29, 0.717) is 6.04 Å². The smallest absolute Gasteiger partial charge is 0.0498 e. The maximum Gasteiger partial charge on any atom is 0.0498 e. The van der Waals surface area contributed by atoms with Crippen molar-refractivity contribution in [1.82, 2.24) is 0 Å². The van der Waals surface area contributed by atoms with Gasteiger partial charge in [0.25, 0.3) is 0 Å². The lowest BCUT2D eigenvalue weighted by atomic mass is 10.2. The zero-order chi connectivity index (χ0) is 11.3. The SMILES string of the molecule is CCCC(C)Nc1cccc(S(C)=O)c1. The van der Waals surface area contributed by atoms with Gasteiger partial charge in [0, 0.05) is 33.7 Å². The molecule has 2 nitrogen and oxygen atoms in total. The van der Waals surface area contributed by atoms with Crippen molar-refractivity contribution in [3.63, 3.8) is 0 Å². The normalized spacial score (nSPS) is 14.6. The first kappa shape index (κ1) is 12.2. The molecule has 84 valence electrons. The van der Waals surface area contributed by atoms with E-state index >= 15 is 0 Å². The number of anilines is 1. The minimum atomic E-state index is -0.898. The van der Waals surface area contributed by atoms with Crippen molar-refractivity contribution in [2.45, 2.75) is 37.6 Å². The standard InChI is InChI=1S/C12H19NOS/c1-4-6-10(2)13-11-7-5-8-12(9-11)15(3)14/h5,7-10,13H,4,6H2,1-3H3. The van der Waals surface area contributed by atoms with Crippen molar-refractivity contribution < 1.29 is 4.21 Å². The van der Waals surface area contributed by atoms with Gasteiger partial charge in [-0.25, -0.2) is 0 Å². The van der Waals surface area contributed by atoms with Crippen LogP contribution in [0.5, 0.6) is 0 Å². The average molecular weight is 225 g/mol. The van der Waals surface area contributed by atoms with Crippen molar-refractivity contribution in [3.8, 4) is 0 Å². The zero-order valence-electron chi connectivity index (χ0n) is 9.62. The first-order valence-electron chi connectivity index (χ1n) is 5.33. The van der Waals surface area contributed by atoms with Gasteiger partial charge in [0.1, 0.15) is 0 Å². The molecular formula is C12H19NOS. The van der Waals surface area contributed by atoms with Gasteiger partial charge in [0.15, 0.2) is 0 Å². The van der Waals surface area contributed by atoms with Crippen LogP contribution in [-0.2, 0) is 10.8 Å². The maximum atomic E-state index is 11.3. The number of benzene rings is 1. The van der Waals surface area contributed by atoms with Gasteiger partial charge in [-0.3, -0.25) is 4.21 Å². The van der Waals surface area contributed by atoms with Crippen molar-refractivity contribution in [1.29, 1.82) is 0 Å². The highest BCUT2D eigenvalue weighted by Crippen LogP contribution is 2.15. The van der Waals surface area contributed by atoms with E-state index in [1.807, 2.05) is 24.3 Å². The molecule has 0 heterocycles. The Balaban J connectivity index is 2.69. The summed E-state index contributed by atoms with van der Waals surface area (Å²) in [7, 11) is -0.898. The average Bonchev–Trinajstić information content (AvgIpc) is 2.18. The Hall–Kier alpha value is -0.830. The van der Waals surface area contributed by atoms with Crippen LogP contribution in [0.1, 0.15) is 26.7 Å². The molecule has 1 N–H and O–H groups in total. The highest BCUT2D eigenvalue weighted by atomic mass is 32.2. The molecule has 15 heavy (non-hydrogen) atoms. The van der Waals surface area contributed by atoms with Crippen LogP contribution in [0.2, 0.25) is 0 Å². The van der Waals surface area contributed by atoms with Gasteiger partial charge in [-0.2, -0.15) is 0 Å². The molecule has 0 spiro atoms. The van der Waals surface area contributed by atoms with E-state index in [9.17, 15) is 4.21 Å². The van der Waals surface area contributed by atoms with Crippen molar-refractivity contribution in [2.24, 2.45) is 0 Å². The Kier molecular flexibility index (Phi) is 4.82. The second-order valence-electron chi connectivity index (χ2n) is 3.82. The predicted molar refractivity (Wildman–Crippen MR) is 66.8 cm³/mol. The van der Waals surface area contributed by atoms with E-state index in [1.54, 1.807) is 6.26 Å². The largest absolute Gasteiger partial charge is 0.383 e. The highest BCUT2D eigenvalue weighted by Gasteiger charge is 2.02. The van der Waals surface area contributed by atoms with E-state index in [1.165, 1.54) is 6.42 Å². The Morgan fingerprint density at radius 1 is 1.47 bits per heavy atom. The van der Waals surface area contributed by atoms with Crippen LogP contribution in [-0.4, -0.2) is 16.5 Å². The molecule has 0 amide bonds. The molecule has 0 saturated carbocycles. The van der Waals surface area contributed by atoms with Crippen LogP contribution in [0.3, 0.4) is 0 Å². The third-order valence-electron chi connectivity index (χ3n) is 2.30. The Morgan fingerprint density at radius 3 is 2.80 bits per heavy atom. The molecule has 3 heteroatoms. The summed E-state index contributed by atoms with van der Waals surface area (Å²) in [4.78, 5) is 0.878. The van der Waals surface area contributed by atoms with Gasteiger partial charge in [-0.1, -0.05) is 19.4 Å². The van der Waals surface area contributed by atoms with Crippen molar-refractivity contribution in [3.05, 3.63) is 24.3 Å². The second-order valence-corrected chi connectivity index (χ2v) is 5.20. The van der Waals surface area contributed by atoms with Gasteiger partial charge < -0.3 is 5.32 Å². The monoisotopic (exact) mass is 225 g/mol. The highest BCUT2D eigenvalue weighted by molar-refractivity contribution is 7.84. The Morgan fingerprint density at radius 2 is 2.20 bits per heavy atom. The maximum absolute atomic E-state index is 11.3. The van der Waals surface area contributed by atoms with E-state index in [-0.39, 0.29) is 0 Å². The van der Waals surface area contributed by atoms with Gasteiger partial charge in [0.05, 0.1) is 0 Å². The first-order valence-corrected chi connectivity index (χ1v) is 6.89. The van der Waals surface area contributed by atoms with Crippen LogP contribution in [0.25, 0.3) is 0 Å². The topological polar surface area (TPSA) is 29.1 Å². The fraction of sp³-hybridized carbons (Fsp3) is 0.500. The molecule has 2 atom stereocenters. The summed E-state index contributed by atoms with van der Waals surface area (Å²) in [6.07, 6.45) is 4.03. The third kappa shape index (κ3) is 4.04. The van der Waals surface area contributed by atoms with Crippen LogP contribution < -0.4 is 5.32 Å². The van der Waals surface area contributed by atoms with Gasteiger partial charge in [0.2, 0.25) is 0 Å². The molecule has 1 rings (SSSR count). The van der Waals surface area contributed by atoms with Crippen molar-refractivity contribution in [2.75, 3.05) is 11.6 Å². The zero-order valence-corrected chi connectivity index (χ0v) is 10.4. The summed E-state index contributed by atoms with van der Waals surface area (Å²) < 4.78 is 11.3. The molecule has 1 aromatic rings. The molecule has 0 aliphatic carbocycles. The van der Waals surface area contributed by atoms with Crippen LogP contribution in [0.15, 0.2) is 29.2 Å². The van der Waals surface area contributed by atoms with Crippen LogP contribution >= 0.6 is 0 Å². The van der Waals surface area contributed by atoms with E-state index in [2.05, 4.69) is 19.2 Å². The van der Waals surface area contributed by atoms with Crippen molar-refractivity contribution >= 4 is 16.5 Å². The summed E-state index contributed by atoms with van der Waals surface area (Å²) in [6, 6.07) is 8.28. The van der Waals surface area contributed by atoms with Gasteiger partial charge in [-0.05, 0) is 31.5 Å². The molecule has 2 unspecified atom stereocenters. The lowest BCUT2D eigenvalue weighted by Crippen LogP contribution is -2.14. The lowest BCUT2D eigenvalue weighted by Gasteiger charge is -2.14. The quantitative estimate of drug-likeness (QED) is 0.834. The molecule has 0 saturated heterocycles. The fourth-order valence-electron chi connectivity index (χ4n) is 1.55. The van der Waals surface area contributed by atoms with E-state index in [4.69, 9.17) is 0 Å². The molecule has 1 aromatic carbocycles. The Labute approximate surface area is 94.5 Å². The van der Waals surface area contributed by atoms with Crippen LogP contribution in [0.4, 0.5) is 5.69 Å². The third-order valence-corrected chi connectivity index (χ3v) is 3.22. The molecular weight excluding hydrogens is 206 g/mol. The molecule has 0 radical (unpaired) electrons. The van der Waals surface area contributed by atoms with E-state index < -0.39 is 10.8 Å². The summed E-state index contributed by atoms with van der Waals surface area (Å²) in [5, 5.41) is 3.40. The summed E-state index contributed by atoms with van der Waals surface area (Å²) in [5.41, 5.74) is 1.06. The van der Waals surface area contributed by atoms with Gasteiger partial charge in [-0.15, -0.1) is 0 Å². The molecule has 0 fully saturated rings. The van der Waals surface area contributed by atoms with Crippen LogP contribution in [0, 0.1) is 0 Å². The summed E-state index contributed by atoms with van der Waals surface area (Å²) in [5.74, 6) is 0. The Bertz CT molecular complexity index is 338.